The molecule has 0 heterocycles. The number of Topliss-reactive ketones (excluding diaryl/α,β-unsaturated/α-hetero) is 1. The molecule has 0 aromatic heterocycles. The Morgan fingerprint density at radius 2 is 0.813 bits per heavy atom. The summed E-state index contributed by atoms with van der Waals surface area (Å²) in [5, 5.41) is 74.5. The van der Waals surface area contributed by atoms with Crippen LogP contribution in [0.3, 0.4) is 0 Å². The number of likely N-dealkylation sites (N-methyl/N-ethyl adjacent to an activating group) is 1. The molecule has 2 rings (SSSR count). The summed E-state index contributed by atoms with van der Waals surface area (Å²) in [7, 11) is 1.62. The zero-order chi connectivity index (χ0) is 68.2. The first-order chi connectivity index (χ1) is 43.2. The number of ketones is 1. The fraction of sp³-hybridized carbons (Fsp3) is 0.581. The summed E-state index contributed by atoms with van der Waals surface area (Å²) in [4.78, 5) is 186. The Kier molecular flexibility index (Phi) is 36.3. The number of nitrogens with one attached hydrogen (secondary N) is 10. The molecule has 0 aliphatic heterocycles. The Morgan fingerprint density at radius 1 is 0.440 bits per heavy atom. The van der Waals surface area contributed by atoms with E-state index in [2.05, 4.69) is 53.2 Å². The number of aliphatic hydroxyl groups excluding tert-OH is 1. The van der Waals surface area contributed by atoms with Gasteiger partial charge in [0, 0.05) is 38.5 Å². The molecule has 11 atom stereocenters. The number of hydrogen-bond donors (Lipinski definition) is 15. The average molecular weight is 1280 g/mol. The van der Waals surface area contributed by atoms with Crippen molar-refractivity contribution in [2.75, 3.05) is 7.05 Å². The number of amides is 9. The van der Waals surface area contributed by atoms with Gasteiger partial charge in [-0.3, -0.25) is 57.5 Å². The highest BCUT2D eigenvalue weighted by atomic mass is 16.4. The smallest absolute Gasteiger partial charge is 0.326 e. The molecule has 9 amide bonds. The lowest BCUT2D eigenvalue weighted by atomic mass is 10.0. The molecule has 0 saturated carbocycles. The van der Waals surface area contributed by atoms with E-state index in [1.807, 2.05) is 20.8 Å². The number of aliphatic hydroxyl groups is 1. The van der Waals surface area contributed by atoms with Gasteiger partial charge in [0.2, 0.25) is 53.2 Å². The third-order valence-electron chi connectivity index (χ3n) is 14.6. The van der Waals surface area contributed by atoms with Gasteiger partial charge in [-0.2, -0.15) is 0 Å². The van der Waals surface area contributed by atoms with Crippen molar-refractivity contribution in [1.29, 1.82) is 0 Å². The van der Waals surface area contributed by atoms with E-state index in [9.17, 15) is 92.7 Å². The Balaban J connectivity index is 2.49. The molecule has 2 aromatic carbocycles. The monoisotopic (exact) mass is 1280 g/mol. The van der Waals surface area contributed by atoms with Gasteiger partial charge in [-0.1, -0.05) is 115 Å². The minimum absolute atomic E-state index is 0.0997. The maximum Gasteiger partial charge on any atom is 0.326 e. The lowest BCUT2D eigenvalue weighted by Crippen LogP contribution is -2.62. The molecule has 2 aromatic rings. The van der Waals surface area contributed by atoms with Crippen molar-refractivity contribution in [2.24, 2.45) is 0 Å². The molecular formula is C62H92N10O19. The second kappa shape index (κ2) is 42.2. The van der Waals surface area contributed by atoms with Crippen molar-refractivity contribution >= 4 is 83.1 Å². The first-order valence-electron chi connectivity index (χ1n) is 30.7. The fourth-order valence-corrected chi connectivity index (χ4v) is 9.40. The number of carbonyl (C=O) groups excluding carboxylic acids is 11. The second-order valence-corrected chi connectivity index (χ2v) is 22.3. The minimum Gasteiger partial charge on any atom is -0.508 e. The highest BCUT2D eigenvalue weighted by Gasteiger charge is 2.37. The van der Waals surface area contributed by atoms with Gasteiger partial charge < -0.3 is 83.5 Å². The van der Waals surface area contributed by atoms with Gasteiger partial charge >= 0.3 is 17.9 Å². The van der Waals surface area contributed by atoms with Crippen LogP contribution in [0, 0.1) is 0 Å². The van der Waals surface area contributed by atoms with Gasteiger partial charge in [-0.05, 0) is 76.3 Å². The van der Waals surface area contributed by atoms with Gasteiger partial charge in [-0.15, -0.1) is 0 Å². The van der Waals surface area contributed by atoms with Crippen LogP contribution in [0.15, 0.2) is 54.6 Å². The molecule has 0 spiro atoms. The largest absolute Gasteiger partial charge is 0.508 e. The van der Waals surface area contributed by atoms with Crippen molar-refractivity contribution in [3.05, 3.63) is 65.7 Å². The number of aldehydes is 1. The average Bonchev–Trinajstić information content (AvgIpc) is 1.26. The highest BCUT2D eigenvalue weighted by Crippen LogP contribution is 2.15. The molecule has 29 nitrogen and oxygen atoms in total. The molecule has 91 heavy (non-hydrogen) atoms. The number of unbranched alkanes of at least 4 members (excludes halogenated alkanes) is 5. The molecular weight excluding hydrogens is 1190 g/mol. The SMILES string of the molecule is CCCCCC(NC)C(=O)NC(CCCC)C(=O)NC(CC=O)C(=O)NC(CC(C)=O)C(=O)NC(Cc1ccccc1)C(=O)NC(CCCCC)C(=O)NC(C(=O)NC(CCC(=O)O)C(=O)NC(CCC(=O)O)C(=O)NC(Cc1ccc(O)cc1)C(=O)O)C(C)O. The van der Waals surface area contributed by atoms with E-state index in [4.69, 9.17) is 0 Å². The number of benzene rings is 2. The summed E-state index contributed by atoms with van der Waals surface area (Å²) in [5.41, 5.74) is 0.846. The van der Waals surface area contributed by atoms with Crippen LogP contribution in [0.25, 0.3) is 0 Å². The van der Waals surface area contributed by atoms with Crippen LogP contribution in [-0.2, 0) is 80.0 Å². The Morgan fingerprint density at radius 3 is 1.27 bits per heavy atom. The molecule has 0 radical (unpaired) electrons. The number of phenolic OH excluding ortho intramolecular Hbond substituents is 1. The van der Waals surface area contributed by atoms with E-state index in [1.54, 1.807) is 37.4 Å². The van der Waals surface area contributed by atoms with E-state index >= 15 is 0 Å². The molecule has 0 bridgehead atoms. The minimum atomic E-state index is -1.95. The van der Waals surface area contributed by atoms with E-state index < -0.39 is 182 Å². The predicted molar refractivity (Wildman–Crippen MR) is 329 cm³/mol. The van der Waals surface area contributed by atoms with E-state index in [0.717, 1.165) is 33.1 Å². The predicted octanol–water partition coefficient (Wildman–Crippen LogP) is 0.242. The van der Waals surface area contributed by atoms with Gasteiger partial charge in [0.05, 0.1) is 12.1 Å². The summed E-state index contributed by atoms with van der Waals surface area (Å²) in [6.07, 6.45) is -0.307. The number of phenols is 1. The molecule has 504 valence electrons. The van der Waals surface area contributed by atoms with Crippen LogP contribution in [0.2, 0.25) is 0 Å². The van der Waals surface area contributed by atoms with Crippen molar-refractivity contribution < 1.29 is 92.7 Å². The Bertz CT molecular complexity index is 2750. The molecule has 0 saturated heterocycles. The number of rotatable bonds is 46. The quantitative estimate of drug-likeness (QED) is 0.0312. The number of hydrogen-bond acceptors (Lipinski definition) is 17. The summed E-state index contributed by atoms with van der Waals surface area (Å²) in [5.74, 6) is -14.2. The van der Waals surface area contributed by atoms with Crippen molar-refractivity contribution in [1.82, 2.24) is 53.2 Å². The first kappa shape index (κ1) is 78.2. The molecule has 11 unspecified atom stereocenters. The standard InChI is InChI=1S/C62H92N10O19/c1-7-10-14-21-41(63-6)53(81)64-42(20-12-9-3)54(82)67-46(31-32-73)57(85)69-47(33-36(4)74)59(87)70-48(34-38-18-16-13-17-19-38)60(88)65-43(22-15-11-8-2)58(86)72-52(37(5)75)61(89)68-45(28-30-51(79)80)55(83)66-44(27-29-50(77)78)56(84)71-49(62(90)91)35-39-23-25-40(76)26-24-39/h13,16-19,23-26,32,37,41-49,52,63,75-76H,7-12,14-15,20-22,27-31,33-35H2,1-6H3,(H,64,81)(H,65,88)(H,66,83)(H,67,82)(H,68,89)(H,69,85)(H,70,87)(H,71,84)(H,72,86)(H,77,78)(H,79,80)(H,90,91). The van der Waals surface area contributed by atoms with Crippen molar-refractivity contribution in [3.63, 3.8) is 0 Å². The lowest BCUT2D eigenvalue weighted by Gasteiger charge is -2.29. The summed E-state index contributed by atoms with van der Waals surface area (Å²) in [6, 6.07) is -1.84. The third-order valence-corrected chi connectivity index (χ3v) is 14.6. The Labute approximate surface area is 528 Å². The highest BCUT2D eigenvalue weighted by molar-refractivity contribution is 6.00. The number of carboxylic acid groups (broad SMARTS) is 3. The number of carboxylic acids is 3. The van der Waals surface area contributed by atoms with Gasteiger partial charge in [0.1, 0.15) is 72.2 Å². The van der Waals surface area contributed by atoms with E-state index in [0.29, 0.717) is 55.9 Å². The summed E-state index contributed by atoms with van der Waals surface area (Å²) >= 11 is 0. The van der Waals surface area contributed by atoms with Crippen LogP contribution in [0.4, 0.5) is 0 Å². The van der Waals surface area contributed by atoms with Crippen LogP contribution < -0.4 is 53.2 Å². The van der Waals surface area contributed by atoms with Crippen LogP contribution in [0.5, 0.6) is 5.75 Å². The van der Waals surface area contributed by atoms with E-state index in [-0.39, 0.29) is 31.4 Å². The third kappa shape index (κ3) is 30.0. The molecule has 15 N–H and O–H groups in total. The number of aliphatic carboxylic acids is 3. The van der Waals surface area contributed by atoms with Gasteiger partial charge in [-0.25, -0.2) is 4.79 Å². The molecule has 0 aliphatic carbocycles. The lowest BCUT2D eigenvalue weighted by molar-refractivity contribution is -0.143. The topological polar surface area (TPSA) is 460 Å². The fourth-order valence-electron chi connectivity index (χ4n) is 9.40. The number of carbonyl (C=O) groups is 14. The van der Waals surface area contributed by atoms with Crippen molar-refractivity contribution in [2.45, 2.75) is 223 Å². The summed E-state index contributed by atoms with van der Waals surface area (Å²) in [6.45, 7) is 7.96. The van der Waals surface area contributed by atoms with Crippen LogP contribution in [-0.4, -0.2) is 182 Å². The van der Waals surface area contributed by atoms with Gasteiger partial charge in [0.25, 0.3) is 0 Å². The van der Waals surface area contributed by atoms with Gasteiger partial charge in [0.15, 0.2) is 0 Å². The van der Waals surface area contributed by atoms with Crippen LogP contribution in [0.1, 0.15) is 155 Å². The maximum atomic E-state index is 14.6. The van der Waals surface area contributed by atoms with Crippen LogP contribution >= 0.6 is 0 Å². The molecule has 29 heteroatoms. The first-order valence-corrected chi connectivity index (χ1v) is 30.7. The Hall–Kier alpha value is -8.86. The molecule has 0 aliphatic rings. The zero-order valence-electron chi connectivity index (χ0n) is 52.5. The zero-order valence-corrected chi connectivity index (χ0v) is 52.5. The van der Waals surface area contributed by atoms with Crippen molar-refractivity contribution in [3.8, 4) is 5.75 Å². The molecule has 0 fully saturated rings. The normalized spacial score (nSPS) is 14.6. The maximum absolute atomic E-state index is 14.6. The van der Waals surface area contributed by atoms with E-state index in [1.165, 1.54) is 24.3 Å². The second-order valence-electron chi connectivity index (χ2n) is 22.3. The number of aromatic hydroxyl groups is 1. The summed E-state index contributed by atoms with van der Waals surface area (Å²) < 4.78 is 0.